The number of aromatic nitrogens is 1. The highest BCUT2D eigenvalue weighted by atomic mass is 19.4. The molecule has 26 heavy (non-hydrogen) atoms. The van der Waals surface area contributed by atoms with Crippen LogP contribution in [0.1, 0.15) is 48.8 Å². The molecular weight excluding hydrogens is 341 g/mol. The van der Waals surface area contributed by atoms with Gasteiger partial charge >= 0.3 is 6.18 Å². The maximum absolute atomic E-state index is 12.7. The Kier molecular flexibility index (Phi) is 5.15. The van der Waals surface area contributed by atoms with Crippen molar-refractivity contribution in [2.45, 2.75) is 51.9 Å². The van der Waals surface area contributed by atoms with Gasteiger partial charge in [-0.3, -0.25) is 9.69 Å². The number of piperidine rings is 1. The van der Waals surface area contributed by atoms with Crippen molar-refractivity contribution in [3.63, 3.8) is 0 Å². The highest BCUT2D eigenvalue weighted by molar-refractivity contribution is 5.99. The van der Waals surface area contributed by atoms with Gasteiger partial charge in [-0.1, -0.05) is 18.2 Å². The summed E-state index contributed by atoms with van der Waals surface area (Å²) in [7, 11) is 0. The largest absolute Gasteiger partial charge is 0.401 e. The summed E-state index contributed by atoms with van der Waals surface area (Å²) in [5.74, 6) is 0.281. The number of alkyl halides is 3. The van der Waals surface area contributed by atoms with Crippen LogP contribution in [-0.4, -0.2) is 41.1 Å². The van der Waals surface area contributed by atoms with Crippen LogP contribution < -0.4 is 0 Å². The van der Waals surface area contributed by atoms with E-state index in [9.17, 15) is 18.0 Å². The van der Waals surface area contributed by atoms with Crippen molar-refractivity contribution in [1.82, 2.24) is 9.47 Å². The summed E-state index contributed by atoms with van der Waals surface area (Å²) in [6.45, 7) is 5.56. The third-order valence-corrected chi connectivity index (χ3v) is 5.85. The maximum atomic E-state index is 12.7. The summed E-state index contributed by atoms with van der Waals surface area (Å²) in [6, 6.07) is 7.85. The molecule has 3 nitrogen and oxygen atoms in total. The van der Waals surface area contributed by atoms with Gasteiger partial charge in [-0.15, -0.1) is 0 Å². The second-order valence-electron chi connectivity index (χ2n) is 7.46. The van der Waals surface area contributed by atoms with Gasteiger partial charge < -0.3 is 4.57 Å². The molecule has 0 aliphatic carbocycles. The first kappa shape index (κ1) is 19.0. The predicted octanol–water partition coefficient (Wildman–Crippen LogP) is 4.99. The zero-order valence-corrected chi connectivity index (χ0v) is 15.4. The number of para-hydroxylation sites is 1. The van der Waals surface area contributed by atoms with Crippen LogP contribution in [0.4, 0.5) is 13.2 Å². The number of carbonyl (C=O) groups is 1. The molecule has 3 atom stereocenters. The lowest BCUT2D eigenvalue weighted by Crippen LogP contribution is -2.46. The Morgan fingerprint density at radius 1 is 1.31 bits per heavy atom. The van der Waals surface area contributed by atoms with Crippen molar-refractivity contribution in [2.75, 3.05) is 13.1 Å². The smallest absolute Gasteiger partial charge is 0.341 e. The number of aldehydes is 1. The van der Waals surface area contributed by atoms with Crippen LogP contribution in [0, 0.1) is 12.8 Å². The summed E-state index contributed by atoms with van der Waals surface area (Å²) in [6.07, 6.45) is -1.81. The van der Waals surface area contributed by atoms with E-state index in [0.717, 1.165) is 35.7 Å². The molecule has 0 N–H and O–H groups in total. The van der Waals surface area contributed by atoms with E-state index >= 15 is 0 Å². The van der Waals surface area contributed by atoms with Crippen LogP contribution >= 0.6 is 0 Å². The van der Waals surface area contributed by atoms with E-state index in [1.165, 1.54) is 4.90 Å². The number of rotatable bonds is 4. The molecular formula is C20H25F3N2O. The fraction of sp³-hybridized carbons (Fsp3) is 0.550. The monoisotopic (exact) mass is 366 g/mol. The Morgan fingerprint density at radius 3 is 2.62 bits per heavy atom. The molecule has 142 valence electrons. The van der Waals surface area contributed by atoms with E-state index in [2.05, 4.69) is 11.5 Å². The Labute approximate surface area is 151 Å². The van der Waals surface area contributed by atoms with Gasteiger partial charge in [0.05, 0.1) is 6.54 Å². The molecule has 2 heterocycles. The van der Waals surface area contributed by atoms with Gasteiger partial charge in [0.1, 0.15) is 0 Å². The van der Waals surface area contributed by atoms with Crippen molar-refractivity contribution < 1.29 is 18.0 Å². The minimum atomic E-state index is -4.15. The van der Waals surface area contributed by atoms with Crippen LogP contribution in [0.3, 0.4) is 0 Å². The molecule has 6 heteroatoms. The maximum Gasteiger partial charge on any atom is 0.401 e. The zero-order chi connectivity index (χ0) is 19.1. The second-order valence-corrected chi connectivity index (χ2v) is 7.46. The molecule has 0 spiro atoms. The molecule has 1 aromatic carbocycles. The number of hydrogen-bond acceptors (Lipinski definition) is 2. The van der Waals surface area contributed by atoms with Gasteiger partial charge in [0.25, 0.3) is 0 Å². The van der Waals surface area contributed by atoms with E-state index in [-0.39, 0.29) is 18.0 Å². The van der Waals surface area contributed by atoms with Gasteiger partial charge in [0.2, 0.25) is 0 Å². The Balaban J connectivity index is 1.85. The number of benzene rings is 1. The summed E-state index contributed by atoms with van der Waals surface area (Å²) in [4.78, 5) is 13.1. The van der Waals surface area contributed by atoms with Gasteiger partial charge in [0.15, 0.2) is 6.29 Å². The van der Waals surface area contributed by atoms with E-state index in [4.69, 9.17) is 0 Å². The first-order valence-corrected chi connectivity index (χ1v) is 9.08. The predicted molar refractivity (Wildman–Crippen MR) is 96.6 cm³/mol. The lowest BCUT2D eigenvalue weighted by atomic mass is 9.86. The summed E-state index contributed by atoms with van der Waals surface area (Å²) >= 11 is 0. The molecule has 3 unspecified atom stereocenters. The molecule has 3 rings (SSSR count). The van der Waals surface area contributed by atoms with Gasteiger partial charge in [-0.05, 0) is 52.1 Å². The lowest BCUT2D eigenvalue weighted by Gasteiger charge is -2.40. The molecule has 0 bridgehead atoms. The van der Waals surface area contributed by atoms with Crippen molar-refractivity contribution in [3.05, 3.63) is 35.5 Å². The van der Waals surface area contributed by atoms with Crippen LogP contribution in [0.25, 0.3) is 10.9 Å². The fourth-order valence-electron chi connectivity index (χ4n) is 4.46. The highest BCUT2D eigenvalue weighted by Crippen LogP contribution is 2.37. The molecule has 1 aliphatic heterocycles. The van der Waals surface area contributed by atoms with E-state index in [0.29, 0.717) is 12.1 Å². The number of fused-ring (bicyclic) bond motifs is 1. The average molecular weight is 366 g/mol. The van der Waals surface area contributed by atoms with Gasteiger partial charge in [-0.2, -0.15) is 13.2 Å². The third-order valence-electron chi connectivity index (χ3n) is 5.85. The Hall–Kier alpha value is -1.82. The minimum absolute atomic E-state index is 0.106. The topological polar surface area (TPSA) is 25.2 Å². The lowest BCUT2D eigenvalue weighted by molar-refractivity contribution is -0.154. The standard InChI is InChI=1S/C20H25F3N2O/c1-13-10-16(8-9-24(13)12-20(21,22)23)14(2)25-15(3)18(11-26)17-6-4-5-7-19(17)25/h4-7,11,13-14,16H,8-10,12H2,1-3H3. The summed E-state index contributed by atoms with van der Waals surface area (Å²) in [5, 5.41) is 0.939. The summed E-state index contributed by atoms with van der Waals surface area (Å²) < 4.78 is 40.4. The first-order chi connectivity index (χ1) is 12.2. The van der Waals surface area contributed by atoms with E-state index < -0.39 is 12.7 Å². The van der Waals surface area contributed by atoms with Gasteiger partial charge in [0, 0.05) is 34.2 Å². The molecule has 1 saturated heterocycles. The average Bonchev–Trinajstić information content (AvgIpc) is 2.86. The van der Waals surface area contributed by atoms with Crippen LogP contribution in [0.5, 0.6) is 0 Å². The van der Waals surface area contributed by atoms with Crippen molar-refractivity contribution in [1.29, 1.82) is 0 Å². The normalized spacial score (nSPS) is 23.3. The van der Waals surface area contributed by atoms with E-state index in [1.54, 1.807) is 0 Å². The summed E-state index contributed by atoms with van der Waals surface area (Å²) in [5.41, 5.74) is 2.65. The van der Waals surface area contributed by atoms with E-state index in [1.807, 2.05) is 38.1 Å². The SMILES string of the molecule is Cc1c(C=O)c2ccccc2n1C(C)C1CCN(CC(F)(F)F)C(C)C1. The number of hydrogen-bond donors (Lipinski definition) is 0. The second kappa shape index (κ2) is 7.06. The molecule has 0 radical (unpaired) electrons. The zero-order valence-electron chi connectivity index (χ0n) is 15.4. The molecule has 1 fully saturated rings. The first-order valence-electron chi connectivity index (χ1n) is 9.08. The molecule has 1 aliphatic rings. The quantitative estimate of drug-likeness (QED) is 0.713. The van der Waals surface area contributed by atoms with Crippen molar-refractivity contribution in [3.8, 4) is 0 Å². The fourth-order valence-corrected chi connectivity index (χ4v) is 4.46. The third kappa shape index (κ3) is 3.52. The number of carbonyl (C=O) groups excluding carboxylic acids is 1. The Bertz CT molecular complexity index is 796. The minimum Gasteiger partial charge on any atom is -0.341 e. The number of likely N-dealkylation sites (tertiary alicyclic amines) is 1. The van der Waals surface area contributed by atoms with Crippen LogP contribution in [0.15, 0.2) is 24.3 Å². The molecule has 1 aromatic heterocycles. The van der Waals surface area contributed by atoms with Crippen molar-refractivity contribution in [2.24, 2.45) is 5.92 Å². The molecule has 0 amide bonds. The molecule has 0 saturated carbocycles. The van der Waals surface area contributed by atoms with Crippen molar-refractivity contribution >= 4 is 17.2 Å². The van der Waals surface area contributed by atoms with Crippen LogP contribution in [-0.2, 0) is 0 Å². The van der Waals surface area contributed by atoms with Gasteiger partial charge in [-0.25, -0.2) is 0 Å². The molecule has 2 aromatic rings. The Morgan fingerprint density at radius 2 is 2.00 bits per heavy atom. The highest BCUT2D eigenvalue weighted by Gasteiger charge is 2.37. The number of nitrogens with zero attached hydrogens (tertiary/aromatic N) is 2. The number of halogens is 3. The van der Waals surface area contributed by atoms with Crippen LogP contribution in [0.2, 0.25) is 0 Å².